The van der Waals surface area contributed by atoms with Gasteiger partial charge in [0.2, 0.25) is 0 Å². The zero-order valence-electron chi connectivity index (χ0n) is 35.6. The fraction of sp³-hybridized carbons (Fsp3) is 0. The zero-order valence-corrected chi connectivity index (χ0v) is 35.6. The first-order chi connectivity index (χ1) is 32.6. The first-order valence-corrected chi connectivity index (χ1v) is 22.0. The van der Waals surface area contributed by atoms with Crippen LogP contribution < -0.4 is 0 Å². The van der Waals surface area contributed by atoms with E-state index in [1.165, 1.54) is 43.8 Å². The third-order valence-corrected chi connectivity index (χ3v) is 12.8. The molecule has 0 aliphatic heterocycles. The van der Waals surface area contributed by atoms with Crippen molar-refractivity contribution in [3.63, 3.8) is 0 Å². The molecule has 9 aromatic carbocycles. The Bertz CT molecular complexity index is 3700. The molecule has 0 unspecified atom stereocenters. The standard InChI is InChI=1S/C61H37N5/c62-38-46-16-11-19-50(55(46)39-63)47-36-56(42-22-28-48(29-23-42)65-58-20-9-7-17-51(58)53-34-44(26-32-60(53)65)40-12-3-1-4-13-40)64-57(37-47)43-24-30-49(31-25-43)66-59-21-10-8-18-52(59)54-35-45(27-33-61(54)66)41-14-5-2-6-15-41/h1-37H. The van der Waals surface area contributed by atoms with Gasteiger partial charge >= 0.3 is 0 Å². The van der Waals surface area contributed by atoms with Crippen LogP contribution in [0, 0.1) is 22.7 Å². The highest BCUT2D eigenvalue weighted by Gasteiger charge is 2.18. The molecule has 0 aliphatic rings. The van der Waals surface area contributed by atoms with Crippen LogP contribution in [-0.4, -0.2) is 14.1 Å². The van der Waals surface area contributed by atoms with Crippen molar-refractivity contribution in [1.82, 2.24) is 14.1 Å². The summed E-state index contributed by atoms with van der Waals surface area (Å²) < 4.78 is 4.65. The van der Waals surface area contributed by atoms with Crippen LogP contribution in [0.15, 0.2) is 224 Å². The van der Waals surface area contributed by atoms with E-state index < -0.39 is 0 Å². The molecule has 0 saturated carbocycles. The molecular formula is C61H37N5. The van der Waals surface area contributed by atoms with Gasteiger partial charge in [0.05, 0.1) is 44.6 Å². The number of hydrogen-bond donors (Lipinski definition) is 0. The summed E-state index contributed by atoms with van der Waals surface area (Å²) in [6.07, 6.45) is 0. The molecule has 5 heteroatoms. The number of rotatable bonds is 7. The van der Waals surface area contributed by atoms with Gasteiger partial charge in [-0.05, 0) is 107 Å². The predicted molar refractivity (Wildman–Crippen MR) is 270 cm³/mol. The normalized spacial score (nSPS) is 11.3. The van der Waals surface area contributed by atoms with E-state index in [1.54, 1.807) is 6.07 Å². The molecule has 0 saturated heterocycles. The Morgan fingerprint density at radius 1 is 0.318 bits per heavy atom. The molecule has 12 aromatic rings. The van der Waals surface area contributed by atoms with Crippen LogP contribution in [0.5, 0.6) is 0 Å². The Balaban J connectivity index is 0.961. The van der Waals surface area contributed by atoms with Gasteiger partial charge in [-0.15, -0.1) is 0 Å². The smallest absolute Gasteiger partial charge is 0.101 e. The van der Waals surface area contributed by atoms with Gasteiger partial charge in [0, 0.05) is 49.6 Å². The highest BCUT2D eigenvalue weighted by molar-refractivity contribution is 6.11. The molecule has 0 N–H and O–H groups in total. The van der Waals surface area contributed by atoms with Gasteiger partial charge in [-0.1, -0.05) is 146 Å². The first-order valence-electron chi connectivity index (χ1n) is 22.0. The third-order valence-electron chi connectivity index (χ3n) is 12.8. The zero-order chi connectivity index (χ0) is 44.1. The Morgan fingerprint density at radius 3 is 1.23 bits per heavy atom. The predicted octanol–water partition coefficient (Wildman–Crippen LogP) is 15.4. The molecule has 0 radical (unpaired) electrons. The number of nitriles is 2. The van der Waals surface area contributed by atoms with Crippen molar-refractivity contribution in [1.29, 1.82) is 10.5 Å². The van der Waals surface area contributed by atoms with Crippen molar-refractivity contribution in [2.45, 2.75) is 0 Å². The van der Waals surface area contributed by atoms with E-state index in [0.717, 1.165) is 61.5 Å². The van der Waals surface area contributed by atoms with Gasteiger partial charge < -0.3 is 9.13 Å². The summed E-state index contributed by atoms with van der Waals surface area (Å²) in [5.74, 6) is 0. The molecule has 0 bridgehead atoms. The van der Waals surface area contributed by atoms with Crippen LogP contribution in [-0.2, 0) is 0 Å². The van der Waals surface area contributed by atoms with Crippen molar-refractivity contribution in [2.24, 2.45) is 0 Å². The molecule has 5 nitrogen and oxygen atoms in total. The van der Waals surface area contributed by atoms with Crippen molar-refractivity contribution in [2.75, 3.05) is 0 Å². The lowest BCUT2D eigenvalue weighted by Crippen LogP contribution is -1.97. The number of hydrogen-bond acceptors (Lipinski definition) is 3. The van der Waals surface area contributed by atoms with E-state index in [4.69, 9.17) is 4.98 Å². The third kappa shape index (κ3) is 6.43. The highest BCUT2D eigenvalue weighted by Crippen LogP contribution is 2.39. The number of pyridine rings is 1. The van der Waals surface area contributed by atoms with Gasteiger partial charge in [-0.25, -0.2) is 4.98 Å². The molecular weight excluding hydrogens is 803 g/mol. The SMILES string of the molecule is N#Cc1cccc(-c2cc(-c3ccc(-n4c5ccccc5c5cc(-c6ccccc6)ccc54)cc3)nc(-c3ccc(-n4c5ccccc5c5cc(-c6ccccc6)ccc54)cc3)c2)c1C#N. The first kappa shape index (κ1) is 38.4. The van der Waals surface area contributed by atoms with E-state index in [2.05, 4.69) is 203 Å². The molecule has 0 spiro atoms. The van der Waals surface area contributed by atoms with Crippen molar-refractivity contribution >= 4 is 43.6 Å². The molecule has 306 valence electrons. The molecule has 0 atom stereocenters. The fourth-order valence-electron chi connectivity index (χ4n) is 9.67. The minimum absolute atomic E-state index is 0.341. The van der Waals surface area contributed by atoms with Gasteiger partial charge in [0.1, 0.15) is 12.1 Å². The lowest BCUT2D eigenvalue weighted by Gasteiger charge is -2.14. The number of nitrogens with zero attached hydrogens (tertiary/aromatic N) is 5. The summed E-state index contributed by atoms with van der Waals surface area (Å²) in [7, 11) is 0. The van der Waals surface area contributed by atoms with Gasteiger partial charge in [0.15, 0.2) is 0 Å². The summed E-state index contributed by atoms with van der Waals surface area (Å²) in [5.41, 5.74) is 16.9. The molecule has 0 amide bonds. The molecule has 3 aromatic heterocycles. The van der Waals surface area contributed by atoms with Crippen LogP contribution in [0.25, 0.3) is 111 Å². The number of benzene rings is 9. The summed E-state index contributed by atoms with van der Waals surface area (Å²) in [6, 6.07) is 82.7. The number of aromatic nitrogens is 3. The van der Waals surface area contributed by atoms with Crippen molar-refractivity contribution in [3.8, 4) is 79.4 Å². The van der Waals surface area contributed by atoms with Crippen LogP contribution in [0.4, 0.5) is 0 Å². The second-order valence-electron chi connectivity index (χ2n) is 16.6. The molecule has 3 heterocycles. The maximum absolute atomic E-state index is 10.3. The topological polar surface area (TPSA) is 70.3 Å². The average Bonchev–Trinajstić information content (AvgIpc) is 3.91. The maximum Gasteiger partial charge on any atom is 0.101 e. The second kappa shape index (κ2) is 15.8. The minimum Gasteiger partial charge on any atom is -0.309 e. The maximum atomic E-state index is 10.3. The number of para-hydroxylation sites is 2. The van der Waals surface area contributed by atoms with Crippen LogP contribution in [0.1, 0.15) is 11.1 Å². The largest absolute Gasteiger partial charge is 0.309 e. The van der Waals surface area contributed by atoms with E-state index >= 15 is 0 Å². The Kier molecular flexibility index (Phi) is 9.19. The van der Waals surface area contributed by atoms with Crippen LogP contribution >= 0.6 is 0 Å². The van der Waals surface area contributed by atoms with Crippen molar-refractivity contribution < 1.29 is 0 Å². The van der Waals surface area contributed by atoms with Gasteiger partial charge in [0.25, 0.3) is 0 Å². The monoisotopic (exact) mass is 839 g/mol. The minimum atomic E-state index is 0.341. The van der Waals surface area contributed by atoms with E-state index in [9.17, 15) is 10.5 Å². The molecule has 12 rings (SSSR count). The lowest BCUT2D eigenvalue weighted by molar-refractivity contribution is 1.18. The fourth-order valence-corrected chi connectivity index (χ4v) is 9.67. The average molecular weight is 840 g/mol. The summed E-state index contributed by atoms with van der Waals surface area (Å²) in [5, 5.41) is 25.1. The van der Waals surface area contributed by atoms with Crippen molar-refractivity contribution in [3.05, 3.63) is 236 Å². The quantitative estimate of drug-likeness (QED) is 0.160. The molecule has 0 fully saturated rings. The van der Waals surface area contributed by atoms with Crippen LogP contribution in [0.2, 0.25) is 0 Å². The summed E-state index contributed by atoms with van der Waals surface area (Å²) in [6.45, 7) is 0. The Morgan fingerprint density at radius 2 is 0.758 bits per heavy atom. The molecule has 0 aliphatic carbocycles. The second-order valence-corrected chi connectivity index (χ2v) is 16.6. The van der Waals surface area contributed by atoms with E-state index in [1.807, 2.05) is 36.4 Å². The van der Waals surface area contributed by atoms with E-state index in [0.29, 0.717) is 16.7 Å². The van der Waals surface area contributed by atoms with E-state index in [-0.39, 0.29) is 0 Å². The number of fused-ring (bicyclic) bond motifs is 6. The van der Waals surface area contributed by atoms with Crippen LogP contribution in [0.3, 0.4) is 0 Å². The lowest BCUT2D eigenvalue weighted by atomic mass is 9.94. The van der Waals surface area contributed by atoms with Gasteiger partial charge in [-0.2, -0.15) is 10.5 Å². The Labute approximate surface area is 381 Å². The summed E-state index contributed by atoms with van der Waals surface area (Å²) in [4.78, 5) is 5.30. The highest BCUT2D eigenvalue weighted by atomic mass is 15.0. The molecule has 66 heavy (non-hydrogen) atoms. The summed E-state index contributed by atoms with van der Waals surface area (Å²) >= 11 is 0. The van der Waals surface area contributed by atoms with Gasteiger partial charge in [-0.3, -0.25) is 0 Å². The Hall–Kier alpha value is -9.29.